The van der Waals surface area contributed by atoms with E-state index in [0.29, 0.717) is 6.04 Å². The lowest BCUT2D eigenvalue weighted by atomic mass is 10.1. The predicted octanol–water partition coefficient (Wildman–Crippen LogP) is 1.99. The number of rotatable bonds is 7. The second-order valence-electron chi connectivity index (χ2n) is 5.78. The van der Waals surface area contributed by atoms with Crippen LogP contribution in [0.1, 0.15) is 44.9 Å². The second kappa shape index (κ2) is 5.90. The smallest absolute Gasteiger partial charge is 0.266 e. The molecule has 2 fully saturated rings. The third-order valence-corrected chi connectivity index (χ3v) is 4.09. The van der Waals surface area contributed by atoms with Crippen molar-refractivity contribution in [1.29, 1.82) is 0 Å². The number of aromatic nitrogens is 2. The van der Waals surface area contributed by atoms with E-state index in [2.05, 4.69) is 27.3 Å². The molecular weight excluding hydrogens is 240 g/mol. The van der Waals surface area contributed by atoms with Gasteiger partial charge in [-0.1, -0.05) is 6.92 Å². The van der Waals surface area contributed by atoms with E-state index in [4.69, 9.17) is 4.52 Å². The van der Waals surface area contributed by atoms with Crippen LogP contribution < -0.4 is 10.2 Å². The van der Waals surface area contributed by atoms with E-state index >= 15 is 0 Å². The van der Waals surface area contributed by atoms with Gasteiger partial charge >= 0.3 is 0 Å². The van der Waals surface area contributed by atoms with E-state index in [-0.39, 0.29) is 0 Å². The number of anilines is 1. The summed E-state index contributed by atoms with van der Waals surface area (Å²) in [5.74, 6) is 2.40. The third-order valence-electron chi connectivity index (χ3n) is 4.09. The maximum Gasteiger partial charge on any atom is 0.266 e. The average molecular weight is 264 g/mol. The lowest BCUT2D eigenvalue weighted by Crippen LogP contribution is -2.33. The molecule has 1 aliphatic carbocycles. The van der Waals surface area contributed by atoms with Crippen LogP contribution >= 0.6 is 0 Å². The van der Waals surface area contributed by atoms with E-state index < -0.39 is 0 Å². The zero-order valence-corrected chi connectivity index (χ0v) is 11.8. The molecule has 1 aromatic rings. The molecule has 0 aromatic carbocycles. The van der Waals surface area contributed by atoms with Gasteiger partial charge in [-0.05, 0) is 49.7 Å². The Morgan fingerprint density at radius 1 is 1.37 bits per heavy atom. The molecule has 1 saturated carbocycles. The zero-order chi connectivity index (χ0) is 13.1. The molecule has 5 heteroatoms. The summed E-state index contributed by atoms with van der Waals surface area (Å²) in [7, 11) is 0. The van der Waals surface area contributed by atoms with Crippen molar-refractivity contribution in [1.82, 2.24) is 15.5 Å². The minimum Gasteiger partial charge on any atom is -0.338 e. The van der Waals surface area contributed by atoms with Gasteiger partial charge in [-0.2, -0.15) is 4.98 Å². The van der Waals surface area contributed by atoms with Crippen molar-refractivity contribution in [2.24, 2.45) is 5.92 Å². The molecule has 5 nitrogen and oxygen atoms in total. The molecule has 3 rings (SSSR count). The van der Waals surface area contributed by atoms with Crippen LogP contribution in [0.4, 0.5) is 5.95 Å². The molecular formula is C14H24N4O. The first-order valence-corrected chi connectivity index (χ1v) is 7.67. The molecule has 0 bridgehead atoms. The Kier molecular flexibility index (Phi) is 4.01. The van der Waals surface area contributed by atoms with Crippen molar-refractivity contribution in [2.75, 3.05) is 24.5 Å². The summed E-state index contributed by atoms with van der Waals surface area (Å²) in [4.78, 5) is 6.78. The topological polar surface area (TPSA) is 54.2 Å². The summed E-state index contributed by atoms with van der Waals surface area (Å²) in [6, 6.07) is 0.520. The van der Waals surface area contributed by atoms with Crippen molar-refractivity contribution in [3.8, 4) is 0 Å². The highest BCUT2D eigenvalue weighted by Gasteiger charge is 2.32. The highest BCUT2D eigenvalue weighted by Crippen LogP contribution is 2.34. The maximum absolute atomic E-state index is 5.42. The SMILES string of the molecule is CCCNC(Cc1nc(N2CCCC2)no1)C1CC1. The maximum atomic E-state index is 5.42. The van der Waals surface area contributed by atoms with Crippen LogP contribution in [0.15, 0.2) is 4.52 Å². The van der Waals surface area contributed by atoms with Crippen LogP contribution in [0.5, 0.6) is 0 Å². The summed E-state index contributed by atoms with van der Waals surface area (Å²) in [6.07, 6.45) is 7.22. The van der Waals surface area contributed by atoms with E-state index in [1.165, 1.54) is 32.1 Å². The van der Waals surface area contributed by atoms with E-state index in [9.17, 15) is 0 Å². The molecule has 2 aliphatic rings. The molecule has 1 atom stereocenters. The second-order valence-corrected chi connectivity index (χ2v) is 5.78. The van der Waals surface area contributed by atoms with Gasteiger partial charge in [-0.25, -0.2) is 0 Å². The molecule has 1 N–H and O–H groups in total. The molecule has 106 valence electrons. The average Bonchev–Trinajstić information content (AvgIpc) is 2.93. The van der Waals surface area contributed by atoms with Crippen LogP contribution in [0.3, 0.4) is 0 Å². The normalized spacial score (nSPS) is 21.0. The van der Waals surface area contributed by atoms with Crippen LogP contribution in [-0.2, 0) is 6.42 Å². The fourth-order valence-electron chi connectivity index (χ4n) is 2.80. The lowest BCUT2D eigenvalue weighted by molar-refractivity contribution is 0.345. The standard InChI is InChI=1S/C14H24N4O/c1-2-7-15-12(11-5-6-11)10-13-16-14(17-19-13)18-8-3-4-9-18/h11-12,15H,2-10H2,1H3. The van der Waals surface area contributed by atoms with E-state index in [1.807, 2.05) is 0 Å². The zero-order valence-electron chi connectivity index (χ0n) is 11.8. The van der Waals surface area contributed by atoms with Gasteiger partial charge < -0.3 is 14.7 Å². The number of nitrogens with one attached hydrogen (secondary N) is 1. The first-order valence-electron chi connectivity index (χ1n) is 7.67. The van der Waals surface area contributed by atoms with Crippen LogP contribution in [0.2, 0.25) is 0 Å². The van der Waals surface area contributed by atoms with E-state index in [0.717, 1.165) is 43.8 Å². The number of hydrogen-bond donors (Lipinski definition) is 1. The first-order chi connectivity index (χ1) is 9.36. The molecule has 1 saturated heterocycles. The van der Waals surface area contributed by atoms with Gasteiger partial charge in [0.25, 0.3) is 5.95 Å². The molecule has 1 aliphatic heterocycles. The lowest BCUT2D eigenvalue weighted by Gasteiger charge is -2.15. The minimum atomic E-state index is 0.520. The number of nitrogens with zero attached hydrogens (tertiary/aromatic N) is 3. The monoisotopic (exact) mass is 264 g/mol. The first kappa shape index (κ1) is 12.9. The summed E-state index contributed by atoms with van der Waals surface area (Å²) in [5.41, 5.74) is 0. The van der Waals surface area contributed by atoms with Crippen molar-refractivity contribution in [2.45, 2.75) is 51.5 Å². The van der Waals surface area contributed by atoms with Gasteiger partial charge in [0.15, 0.2) is 0 Å². The van der Waals surface area contributed by atoms with Gasteiger partial charge in [0.1, 0.15) is 0 Å². The highest BCUT2D eigenvalue weighted by molar-refractivity contribution is 5.28. The third kappa shape index (κ3) is 3.26. The Morgan fingerprint density at radius 3 is 2.84 bits per heavy atom. The Morgan fingerprint density at radius 2 is 2.16 bits per heavy atom. The predicted molar refractivity (Wildman–Crippen MR) is 74.3 cm³/mol. The minimum absolute atomic E-state index is 0.520. The Hall–Kier alpha value is -1.10. The molecule has 2 heterocycles. The van der Waals surface area contributed by atoms with Crippen LogP contribution in [0.25, 0.3) is 0 Å². The van der Waals surface area contributed by atoms with E-state index in [1.54, 1.807) is 0 Å². The Labute approximate surface area is 114 Å². The summed E-state index contributed by atoms with van der Waals surface area (Å²) in [5, 5.41) is 7.74. The summed E-state index contributed by atoms with van der Waals surface area (Å²) < 4.78 is 5.42. The highest BCUT2D eigenvalue weighted by atomic mass is 16.5. The molecule has 1 unspecified atom stereocenters. The largest absolute Gasteiger partial charge is 0.338 e. The Bertz CT molecular complexity index is 396. The van der Waals surface area contributed by atoms with Crippen LogP contribution in [-0.4, -0.2) is 35.8 Å². The van der Waals surface area contributed by atoms with Gasteiger partial charge in [-0.15, -0.1) is 0 Å². The Balaban J connectivity index is 1.58. The molecule has 0 radical (unpaired) electrons. The van der Waals surface area contributed by atoms with Crippen molar-refractivity contribution in [3.05, 3.63) is 5.89 Å². The van der Waals surface area contributed by atoms with Gasteiger partial charge in [0.05, 0.1) is 0 Å². The van der Waals surface area contributed by atoms with Crippen molar-refractivity contribution in [3.63, 3.8) is 0 Å². The fourth-order valence-corrected chi connectivity index (χ4v) is 2.80. The van der Waals surface area contributed by atoms with Gasteiger partial charge in [-0.3, -0.25) is 0 Å². The van der Waals surface area contributed by atoms with Crippen molar-refractivity contribution >= 4 is 5.95 Å². The molecule has 0 spiro atoms. The number of hydrogen-bond acceptors (Lipinski definition) is 5. The molecule has 1 aromatic heterocycles. The molecule has 19 heavy (non-hydrogen) atoms. The summed E-state index contributed by atoms with van der Waals surface area (Å²) >= 11 is 0. The fraction of sp³-hybridized carbons (Fsp3) is 0.857. The quantitative estimate of drug-likeness (QED) is 0.816. The van der Waals surface area contributed by atoms with Crippen LogP contribution in [0, 0.1) is 5.92 Å². The van der Waals surface area contributed by atoms with Crippen molar-refractivity contribution < 1.29 is 4.52 Å². The van der Waals surface area contributed by atoms with Gasteiger partial charge in [0, 0.05) is 25.6 Å². The van der Waals surface area contributed by atoms with Gasteiger partial charge in [0.2, 0.25) is 5.89 Å². The summed E-state index contributed by atoms with van der Waals surface area (Å²) in [6.45, 7) is 5.42. The molecule has 0 amide bonds.